The minimum absolute atomic E-state index is 0.0506. The first-order valence-electron chi connectivity index (χ1n) is 9.18. The summed E-state index contributed by atoms with van der Waals surface area (Å²) in [6.45, 7) is 7.61. The second-order valence-electron chi connectivity index (χ2n) is 7.34. The lowest BCUT2D eigenvalue weighted by atomic mass is 10.0. The highest BCUT2D eigenvalue weighted by atomic mass is 16.3. The van der Waals surface area contributed by atoms with Crippen LogP contribution < -0.4 is 5.32 Å². The first-order chi connectivity index (χ1) is 12.0. The summed E-state index contributed by atoms with van der Waals surface area (Å²) >= 11 is 0. The maximum absolute atomic E-state index is 12.4. The van der Waals surface area contributed by atoms with Gasteiger partial charge in [0.05, 0.1) is 18.8 Å². The maximum Gasteiger partial charge on any atom is 0.234 e. The van der Waals surface area contributed by atoms with Gasteiger partial charge in [0.2, 0.25) is 5.91 Å². The molecule has 1 aromatic carbocycles. The third-order valence-electron chi connectivity index (χ3n) is 4.79. The molecule has 0 radical (unpaired) electrons. The van der Waals surface area contributed by atoms with Crippen LogP contribution in [0.4, 0.5) is 0 Å². The van der Waals surface area contributed by atoms with Gasteiger partial charge in [0.1, 0.15) is 5.76 Å². The Morgan fingerprint density at radius 3 is 2.48 bits per heavy atom. The van der Waals surface area contributed by atoms with Crippen molar-refractivity contribution in [3.8, 4) is 0 Å². The number of hydrogen-bond acceptors (Lipinski definition) is 3. The summed E-state index contributed by atoms with van der Waals surface area (Å²) in [6, 6.07) is 12.9. The number of benzene rings is 1. The van der Waals surface area contributed by atoms with E-state index in [0.717, 1.165) is 12.3 Å². The van der Waals surface area contributed by atoms with E-state index in [1.807, 2.05) is 19.1 Å². The molecule has 1 fully saturated rings. The molecule has 0 aliphatic heterocycles. The average molecular weight is 340 g/mol. The van der Waals surface area contributed by atoms with E-state index >= 15 is 0 Å². The molecule has 4 nitrogen and oxygen atoms in total. The quantitative estimate of drug-likeness (QED) is 0.781. The summed E-state index contributed by atoms with van der Waals surface area (Å²) < 4.78 is 5.36. The topological polar surface area (TPSA) is 45.5 Å². The van der Waals surface area contributed by atoms with Crippen LogP contribution in [-0.4, -0.2) is 23.4 Å². The van der Waals surface area contributed by atoms with E-state index in [-0.39, 0.29) is 11.9 Å². The zero-order valence-electron chi connectivity index (χ0n) is 15.4. The minimum atomic E-state index is -0.103. The lowest BCUT2D eigenvalue weighted by molar-refractivity contribution is -0.123. The van der Waals surface area contributed by atoms with Crippen LogP contribution in [0.2, 0.25) is 0 Å². The summed E-state index contributed by atoms with van der Waals surface area (Å²) in [4.78, 5) is 14.7. The summed E-state index contributed by atoms with van der Waals surface area (Å²) in [7, 11) is 0. The summed E-state index contributed by atoms with van der Waals surface area (Å²) in [5.41, 5.74) is 2.62. The highest BCUT2D eigenvalue weighted by Gasteiger charge is 2.30. The van der Waals surface area contributed by atoms with E-state index in [2.05, 4.69) is 48.3 Å². The molecule has 25 heavy (non-hydrogen) atoms. The monoisotopic (exact) mass is 340 g/mol. The number of amides is 1. The van der Waals surface area contributed by atoms with Gasteiger partial charge >= 0.3 is 0 Å². The lowest BCUT2D eigenvalue weighted by Gasteiger charge is -2.23. The highest BCUT2D eigenvalue weighted by molar-refractivity contribution is 5.78. The molecule has 3 rings (SSSR count). The van der Waals surface area contributed by atoms with Crippen LogP contribution in [0.1, 0.15) is 62.5 Å². The van der Waals surface area contributed by atoms with E-state index in [4.69, 9.17) is 4.42 Å². The molecule has 1 unspecified atom stereocenters. The number of hydrogen-bond donors (Lipinski definition) is 1. The van der Waals surface area contributed by atoms with Crippen LogP contribution in [0.5, 0.6) is 0 Å². The fourth-order valence-electron chi connectivity index (χ4n) is 3.08. The van der Waals surface area contributed by atoms with Gasteiger partial charge in [0.15, 0.2) is 0 Å². The van der Waals surface area contributed by atoms with Crippen molar-refractivity contribution in [2.45, 2.75) is 58.2 Å². The predicted molar refractivity (Wildman–Crippen MR) is 99.2 cm³/mol. The third kappa shape index (κ3) is 4.95. The highest BCUT2D eigenvalue weighted by Crippen LogP contribution is 2.28. The molecular formula is C21H28N2O2. The van der Waals surface area contributed by atoms with Gasteiger partial charge in [-0.05, 0) is 48.9 Å². The molecule has 1 saturated carbocycles. The Balaban J connectivity index is 1.57. The largest absolute Gasteiger partial charge is 0.467 e. The number of carbonyl (C=O) groups excluding carboxylic acids is 1. The first kappa shape index (κ1) is 17.7. The Morgan fingerprint density at radius 1 is 1.20 bits per heavy atom. The Bertz CT molecular complexity index is 672. The molecule has 1 atom stereocenters. The van der Waals surface area contributed by atoms with Crippen LogP contribution in [0.15, 0.2) is 47.1 Å². The Morgan fingerprint density at radius 2 is 1.92 bits per heavy atom. The van der Waals surface area contributed by atoms with Gasteiger partial charge in [0, 0.05) is 12.6 Å². The molecule has 1 aliphatic carbocycles. The van der Waals surface area contributed by atoms with Crippen molar-refractivity contribution in [3.63, 3.8) is 0 Å². The molecule has 0 saturated heterocycles. The van der Waals surface area contributed by atoms with Crippen LogP contribution >= 0.6 is 0 Å². The number of rotatable bonds is 8. The summed E-state index contributed by atoms with van der Waals surface area (Å²) in [5.74, 6) is 1.38. The fourth-order valence-corrected chi connectivity index (χ4v) is 3.08. The van der Waals surface area contributed by atoms with Crippen molar-refractivity contribution in [2.75, 3.05) is 6.54 Å². The van der Waals surface area contributed by atoms with Crippen LogP contribution in [0, 0.1) is 0 Å². The molecule has 4 heteroatoms. The smallest absolute Gasteiger partial charge is 0.234 e. The molecule has 1 aliphatic rings. The SMILES string of the molecule is CC(C)c1ccc(CN(CC(=O)NC(C)c2ccco2)C2CC2)cc1. The number of carbonyl (C=O) groups is 1. The van der Waals surface area contributed by atoms with E-state index in [0.29, 0.717) is 18.5 Å². The number of nitrogens with zero attached hydrogens (tertiary/aromatic N) is 1. The van der Waals surface area contributed by atoms with Crippen molar-refractivity contribution in [1.82, 2.24) is 10.2 Å². The summed E-state index contributed by atoms with van der Waals surface area (Å²) in [5, 5.41) is 3.03. The molecule has 2 aromatic rings. The lowest BCUT2D eigenvalue weighted by Crippen LogP contribution is -2.39. The van der Waals surface area contributed by atoms with Crippen molar-refractivity contribution in [2.24, 2.45) is 0 Å². The number of nitrogens with one attached hydrogen (secondary N) is 1. The van der Waals surface area contributed by atoms with Crippen molar-refractivity contribution in [1.29, 1.82) is 0 Å². The van der Waals surface area contributed by atoms with Crippen LogP contribution in [-0.2, 0) is 11.3 Å². The van der Waals surface area contributed by atoms with E-state index < -0.39 is 0 Å². The van der Waals surface area contributed by atoms with Gasteiger partial charge in [-0.1, -0.05) is 38.1 Å². The third-order valence-corrected chi connectivity index (χ3v) is 4.79. The minimum Gasteiger partial charge on any atom is -0.467 e. The van der Waals surface area contributed by atoms with Gasteiger partial charge in [-0.3, -0.25) is 9.69 Å². The van der Waals surface area contributed by atoms with Crippen molar-refractivity contribution < 1.29 is 9.21 Å². The zero-order chi connectivity index (χ0) is 17.8. The number of furan rings is 1. The van der Waals surface area contributed by atoms with Crippen molar-refractivity contribution in [3.05, 3.63) is 59.5 Å². The molecule has 1 N–H and O–H groups in total. The normalized spacial score (nSPS) is 15.6. The van der Waals surface area contributed by atoms with E-state index in [1.165, 1.54) is 24.0 Å². The predicted octanol–water partition coefficient (Wildman–Crippen LogP) is 4.24. The van der Waals surface area contributed by atoms with Crippen molar-refractivity contribution >= 4 is 5.91 Å². The molecule has 1 amide bonds. The Hall–Kier alpha value is -2.07. The second kappa shape index (κ2) is 7.87. The Kier molecular flexibility index (Phi) is 5.59. The second-order valence-corrected chi connectivity index (χ2v) is 7.34. The van der Waals surface area contributed by atoms with Crippen LogP contribution in [0.3, 0.4) is 0 Å². The zero-order valence-corrected chi connectivity index (χ0v) is 15.4. The molecular weight excluding hydrogens is 312 g/mol. The van der Waals surface area contributed by atoms with Gasteiger partial charge in [-0.25, -0.2) is 0 Å². The Labute approximate surface area is 150 Å². The average Bonchev–Trinajstić information content (AvgIpc) is 3.28. The van der Waals surface area contributed by atoms with E-state index in [1.54, 1.807) is 6.26 Å². The maximum atomic E-state index is 12.4. The molecule has 1 heterocycles. The van der Waals surface area contributed by atoms with Gasteiger partial charge in [-0.15, -0.1) is 0 Å². The standard InChI is InChI=1S/C21H28N2O2/c1-15(2)18-8-6-17(7-9-18)13-23(19-10-11-19)14-21(24)22-16(3)20-5-4-12-25-20/h4-9,12,15-16,19H,10-11,13-14H2,1-3H3,(H,22,24). The first-order valence-corrected chi connectivity index (χ1v) is 9.18. The molecule has 1 aromatic heterocycles. The fraction of sp³-hybridized carbons (Fsp3) is 0.476. The van der Waals surface area contributed by atoms with Gasteiger partial charge in [-0.2, -0.15) is 0 Å². The molecule has 134 valence electrons. The molecule has 0 spiro atoms. The molecule has 0 bridgehead atoms. The van der Waals surface area contributed by atoms with Gasteiger partial charge in [0.25, 0.3) is 0 Å². The van der Waals surface area contributed by atoms with E-state index in [9.17, 15) is 4.79 Å². The summed E-state index contributed by atoms with van der Waals surface area (Å²) in [6.07, 6.45) is 4.01. The van der Waals surface area contributed by atoms with Crippen LogP contribution in [0.25, 0.3) is 0 Å². The van der Waals surface area contributed by atoms with Gasteiger partial charge < -0.3 is 9.73 Å².